The van der Waals surface area contributed by atoms with Crippen LogP contribution in [-0.4, -0.2) is 22.8 Å². The van der Waals surface area contributed by atoms with Gasteiger partial charge in [0.25, 0.3) is 10.0 Å². The van der Waals surface area contributed by atoms with E-state index < -0.39 is 10.0 Å². The Morgan fingerprint density at radius 3 is 2.41 bits per heavy atom. The van der Waals surface area contributed by atoms with Gasteiger partial charge in [-0.3, -0.25) is 4.72 Å². The third-order valence-electron chi connectivity index (χ3n) is 5.22. The molecule has 0 bridgehead atoms. The maximum Gasteiger partial charge on any atom is 0.261 e. The Morgan fingerprint density at radius 2 is 1.69 bits per heavy atom. The molecule has 160 valence electrons. The minimum absolute atomic E-state index is 0.166. The maximum absolute atomic E-state index is 13.0. The van der Waals surface area contributed by atoms with Gasteiger partial charge in [-0.15, -0.1) is 0 Å². The summed E-state index contributed by atoms with van der Waals surface area (Å²) in [4.78, 5) is 9.05. The van der Waals surface area contributed by atoms with Gasteiger partial charge in [-0.25, -0.2) is 18.4 Å². The molecule has 5 rings (SSSR count). The quantitative estimate of drug-likeness (QED) is 0.409. The largest absolute Gasteiger partial charge is 0.449 e. The standard InChI is InChI=1S/C24H20N4O3S/c1-16-6-7-19(22-14-28-12-4-3-5-24(28)26-22)13-21(16)27-32(29,30)20-10-8-18(9-11-20)23-15-31-17(2)25-23/h3-15,27H,1-2H3. The van der Waals surface area contributed by atoms with Crippen molar-refractivity contribution in [3.63, 3.8) is 0 Å². The van der Waals surface area contributed by atoms with E-state index in [-0.39, 0.29) is 4.90 Å². The molecule has 8 heteroatoms. The Morgan fingerprint density at radius 1 is 0.906 bits per heavy atom. The summed E-state index contributed by atoms with van der Waals surface area (Å²) in [7, 11) is -3.77. The van der Waals surface area contributed by atoms with Crippen LogP contribution in [-0.2, 0) is 10.0 Å². The second kappa shape index (κ2) is 7.65. The van der Waals surface area contributed by atoms with Crippen LogP contribution in [0.5, 0.6) is 0 Å². The summed E-state index contributed by atoms with van der Waals surface area (Å²) in [5.74, 6) is 0.555. The van der Waals surface area contributed by atoms with Crippen LogP contribution in [0.1, 0.15) is 11.5 Å². The highest BCUT2D eigenvalue weighted by atomic mass is 32.2. The van der Waals surface area contributed by atoms with Gasteiger partial charge >= 0.3 is 0 Å². The van der Waals surface area contributed by atoms with Crippen molar-refractivity contribution in [3.05, 3.63) is 90.8 Å². The van der Waals surface area contributed by atoms with Gasteiger partial charge in [0.2, 0.25) is 0 Å². The highest BCUT2D eigenvalue weighted by molar-refractivity contribution is 7.92. The summed E-state index contributed by atoms with van der Waals surface area (Å²) < 4.78 is 35.9. The molecule has 3 aromatic heterocycles. The Bertz CT molecular complexity index is 1500. The molecule has 0 aliphatic heterocycles. The lowest BCUT2D eigenvalue weighted by Crippen LogP contribution is -2.13. The molecule has 5 aromatic rings. The molecule has 0 aliphatic rings. The molecule has 0 unspecified atom stereocenters. The number of aryl methyl sites for hydroxylation is 2. The lowest BCUT2D eigenvalue weighted by Gasteiger charge is -2.12. The Labute approximate surface area is 185 Å². The normalized spacial score (nSPS) is 11.7. The van der Waals surface area contributed by atoms with Crippen molar-refractivity contribution in [3.8, 4) is 22.5 Å². The van der Waals surface area contributed by atoms with Crippen molar-refractivity contribution in [1.82, 2.24) is 14.4 Å². The lowest BCUT2D eigenvalue weighted by atomic mass is 10.1. The molecule has 0 saturated heterocycles. The molecular weight excluding hydrogens is 424 g/mol. The van der Waals surface area contributed by atoms with Gasteiger partial charge in [0.15, 0.2) is 5.89 Å². The molecule has 0 aliphatic carbocycles. The first-order valence-corrected chi connectivity index (χ1v) is 11.5. The highest BCUT2D eigenvalue weighted by Gasteiger charge is 2.17. The first kappa shape index (κ1) is 20.0. The second-order valence-electron chi connectivity index (χ2n) is 7.50. The van der Waals surface area contributed by atoms with E-state index in [1.807, 2.05) is 54.0 Å². The van der Waals surface area contributed by atoms with E-state index in [2.05, 4.69) is 14.7 Å². The summed E-state index contributed by atoms with van der Waals surface area (Å²) >= 11 is 0. The van der Waals surface area contributed by atoms with E-state index in [4.69, 9.17) is 4.42 Å². The van der Waals surface area contributed by atoms with Crippen LogP contribution < -0.4 is 4.72 Å². The van der Waals surface area contributed by atoms with E-state index in [1.54, 1.807) is 43.5 Å². The fraction of sp³-hybridized carbons (Fsp3) is 0.0833. The number of oxazole rings is 1. The van der Waals surface area contributed by atoms with Crippen molar-refractivity contribution >= 4 is 21.4 Å². The second-order valence-corrected chi connectivity index (χ2v) is 9.19. The molecule has 0 amide bonds. The zero-order chi connectivity index (χ0) is 22.3. The summed E-state index contributed by atoms with van der Waals surface area (Å²) in [5.41, 5.74) is 5.19. The lowest BCUT2D eigenvalue weighted by molar-refractivity contribution is 0.521. The Kier molecular flexibility index (Phi) is 4.79. The number of nitrogens with one attached hydrogen (secondary N) is 1. The first-order chi connectivity index (χ1) is 15.4. The molecule has 1 N–H and O–H groups in total. The number of fused-ring (bicyclic) bond motifs is 1. The first-order valence-electron chi connectivity index (χ1n) is 9.99. The predicted molar refractivity (Wildman–Crippen MR) is 123 cm³/mol. The zero-order valence-electron chi connectivity index (χ0n) is 17.5. The molecule has 0 fully saturated rings. The number of sulfonamides is 1. The van der Waals surface area contributed by atoms with Gasteiger partial charge in [-0.05, 0) is 42.8 Å². The van der Waals surface area contributed by atoms with E-state index >= 15 is 0 Å². The van der Waals surface area contributed by atoms with E-state index in [1.165, 1.54) is 0 Å². The maximum atomic E-state index is 13.0. The molecule has 3 heterocycles. The van der Waals surface area contributed by atoms with E-state index in [9.17, 15) is 8.42 Å². The predicted octanol–water partition coefficient (Wildman–Crippen LogP) is 5.07. The van der Waals surface area contributed by atoms with Crippen molar-refractivity contribution in [1.29, 1.82) is 0 Å². The van der Waals surface area contributed by atoms with Crippen LogP contribution >= 0.6 is 0 Å². The number of benzene rings is 2. The van der Waals surface area contributed by atoms with Crippen LogP contribution in [0.2, 0.25) is 0 Å². The molecule has 2 aromatic carbocycles. The fourth-order valence-corrected chi connectivity index (χ4v) is 4.59. The summed E-state index contributed by atoms with van der Waals surface area (Å²) in [5, 5.41) is 0. The number of pyridine rings is 1. The van der Waals surface area contributed by atoms with Crippen molar-refractivity contribution in [2.45, 2.75) is 18.7 Å². The molecule has 0 atom stereocenters. The van der Waals surface area contributed by atoms with Gasteiger partial charge in [0.1, 0.15) is 17.6 Å². The smallest absolute Gasteiger partial charge is 0.261 e. The minimum Gasteiger partial charge on any atom is -0.449 e. The topological polar surface area (TPSA) is 89.5 Å². The van der Waals surface area contributed by atoms with E-state index in [0.29, 0.717) is 17.3 Å². The Balaban J connectivity index is 1.44. The fourth-order valence-electron chi connectivity index (χ4n) is 3.47. The average molecular weight is 445 g/mol. The molecular formula is C24H20N4O3S. The third-order valence-corrected chi connectivity index (χ3v) is 6.60. The number of aromatic nitrogens is 3. The van der Waals surface area contributed by atoms with Crippen LogP contribution in [0.15, 0.2) is 88.6 Å². The van der Waals surface area contributed by atoms with Gasteiger partial charge in [0.05, 0.1) is 16.3 Å². The van der Waals surface area contributed by atoms with E-state index in [0.717, 1.165) is 28.0 Å². The third kappa shape index (κ3) is 3.76. The van der Waals surface area contributed by atoms with Crippen LogP contribution in [0.25, 0.3) is 28.2 Å². The monoisotopic (exact) mass is 444 g/mol. The van der Waals surface area contributed by atoms with Crippen LogP contribution in [0.3, 0.4) is 0 Å². The van der Waals surface area contributed by atoms with Crippen LogP contribution in [0, 0.1) is 13.8 Å². The number of nitrogens with zero attached hydrogens (tertiary/aromatic N) is 3. The zero-order valence-corrected chi connectivity index (χ0v) is 18.3. The summed E-state index contributed by atoms with van der Waals surface area (Å²) in [6.07, 6.45) is 5.39. The average Bonchev–Trinajstić information content (AvgIpc) is 3.41. The van der Waals surface area contributed by atoms with Crippen LogP contribution in [0.4, 0.5) is 5.69 Å². The minimum atomic E-state index is -3.77. The van der Waals surface area contributed by atoms with Gasteiger partial charge in [-0.2, -0.15) is 0 Å². The molecule has 0 radical (unpaired) electrons. The van der Waals surface area contributed by atoms with Gasteiger partial charge in [-0.1, -0.05) is 30.3 Å². The molecule has 0 spiro atoms. The van der Waals surface area contributed by atoms with Crippen molar-refractivity contribution < 1.29 is 12.8 Å². The van der Waals surface area contributed by atoms with Gasteiger partial charge in [0, 0.05) is 30.4 Å². The molecule has 32 heavy (non-hydrogen) atoms. The number of anilines is 1. The van der Waals surface area contributed by atoms with Crippen molar-refractivity contribution in [2.75, 3.05) is 4.72 Å². The number of hydrogen-bond donors (Lipinski definition) is 1. The Hall–Kier alpha value is -3.91. The highest BCUT2D eigenvalue weighted by Crippen LogP contribution is 2.28. The molecule has 0 saturated carbocycles. The number of imidazole rings is 1. The summed E-state index contributed by atoms with van der Waals surface area (Å²) in [6, 6.07) is 17.9. The number of hydrogen-bond acceptors (Lipinski definition) is 5. The summed E-state index contributed by atoms with van der Waals surface area (Å²) in [6.45, 7) is 3.62. The SMILES string of the molecule is Cc1nc(-c2ccc(S(=O)(=O)Nc3cc(-c4cn5ccccc5n4)ccc3C)cc2)co1. The van der Waals surface area contributed by atoms with Crippen molar-refractivity contribution in [2.24, 2.45) is 0 Å². The molecule has 7 nitrogen and oxygen atoms in total. The number of rotatable bonds is 5. The van der Waals surface area contributed by atoms with Gasteiger partial charge < -0.3 is 8.82 Å².